The average molecular weight is 341 g/mol. The number of rotatable bonds is 3. The number of aromatic nitrogens is 4. The summed E-state index contributed by atoms with van der Waals surface area (Å²) in [5.41, 5.74) is -0.0294. The lowest BCUT2D eigenvalue weighted by Gasteiger charge is -2.32. The molecule has 1 aliphatic rings. The van der Waals surface area contributed by atoms with E-state index in [1.165, 1.54) is 0 Å². The number of aromatic amines is 1. The number of hydrogen-bond donors (Lipinski definition) is 1. The van der Waals surface area contributed by atoms with Crippen molar-refractivity contribution < 1.29 is 18.0 Å². The van der Waals surface area contributed by atoms with E-state index in [1.807, 2.05) is 0 Å². The molecule has 0 spiro atoms. The van der Waals surface area contributed by atoms with Crippen LogP contribution in [0, 0.1) is 0 Å². The fourth-order valence-electron chi connectivity index (χ4n) is 2.96. The number of alkyl halides is 3. The molecule has 2 aromatic rings. The van der Waals surface area contributed by atoms with E-state index in [2.05, 4.69) is 15.1 Å². The van der Waals surface area contributed by atoms with Crippen LogP contribution in [0.4, 0.5) is 13.2 Å². The maximum Gasteiger partial charge on any atom is 0.432 e. The second kappa shape index (κ2) is 6.29. The van der Waals surface area contributed by atoms with Crippen LogP contribution >= 0.6 is 0 Å². The van der Waals surface area contributed by atoms with Gasteiger partial charge in [0.05, 0.1) is 18.8 Å². The lowest BCUT2D eigenvalue weighted by atomic mass is 9.97. The first kappa shape index (κ1) is 16.5. The van der Waals surface area contributed by atoms with E-state index in [1.54, 1.807) is 29.0 Å². The number of likely N-dealkylation sites (tertiary alicyclic amines) is 1. The lowest BCUT2D eigenvalue weighted by molar-refractivity contribution is -0.141. The van der Waals surface area contributed by atoms with Crippen molar-refractivity contribution in [2.45, 2.75) is 31.4 Å². The lowest BCUT2D eigenvalue weighted by Crippen LogP contribution is -2.40. The number of nitrogens with zero attached hydrogens (tertiary/aromatic N) is 4. The second-order valence-electron chi connectivity index (χ2n) is 6.06. The highest BCUT2D eigenvalue weighted by atomic mass is 19.4. The minimum absolute atomic E-state index is 0.0460. The molecule has 1 saturated heterocycles. The van der Waals surface area contributed by atoms with Gasteiger partial charge in [0.2, 0.25) is 5.91 Å². The standard InChI is InChI=1S/C15H18F3N5O/c1-22-8-10(6-20-22)5-13(24)23-4-2-3-11(9-23)14-19-7-12(21-14)15(16,17)18/h6-8,11H,2-5,9H2,1H3,(H,19,21)/t11-/m0/s1. The Kier molecular flexibility index (Phi) is 4.33. The third kappa shape index (κ3) is 3.60. The number of amides is 1. The Labute approximate surface area is 136 Å². The zero-order valence-corrected chi connectivity index (χ0v) is 13.2. The molecular weight excluding hydrogens is 323 g/mol. The molecule has 1 aliphatic heterocycles. The Morgan fingerprint density at radius 2 is 2.21 bits per heavy atom. The van der Waals surface area contributed by atoms with E-state index in [0.717, 1.165) is 18.2 Å². The normalized spacial score (nSPS) is 18.8. The van der Waals surface area contributed by atoms with Crippen LogP contribution in [0.25, 0.3) is 0 Å². The van der Waals surface area contributed by atoms with Crippen molar-refractivity contribution in [1.82, 2.24) is 24.6 Å². The Balaban J connectivity index is 1.65. The first-order valence-corrected chi connectivity index (χ1v) is 7.70. The van der Waals surface area contributed by atoms with E-state index >= 15 is 0 Å². The summed E-state index contributed by atoms with van der Waals surface area (Å²) in [4.78, 5) is 20.3. The molecule has 2 aromatic heterocycles. The minimum atomic E-state index is -4.43. The molecule has 3 rings (SSSR count). The maximum atomic E-state index is 12.7. The molecule has 1 fully saturated rings. The van der Waals surface area contributed by atoms with Gasteiger partial charge in [-0.15, -0.1) is 0 Å². The molecule has 24 heavy (non-hydrogen) atoms. The van der Waals surface area contributed by atoms with Crippen LogP contribution in [0.15, 0.2) is 18.6 Å². The summed E-state index contributed by atoms with van der Waals surface area (Å²) in [5.74, 6) is 0.0456. The Morgan fingerprint density at radius 3 is 2.83 bits per heavy atom. The van der Waals surface area contributed by atoms with Gasteiger partial charge in [0.15, 0.2) is 0 Å². The quantitative estimate of drug-likeness (QED) is 0.930. The van der Waals surface area contributed by atoms with Gasteiger partial charge in [0, 0.05) is 32.3 Å². The number of H-pyrrole nitrogens is 1. The molecule has 1 N–H and O–H groups in total. The zero-order chi connectivity index (χ0) is 17.3. The van der Waals surface area contributed by atoms with Gasteiger partial charge in [0.25, 0.3) is 0 Å². The molecule has 0 unspecified atom stereocenters. The van der Waals surface area contributed by atoms with Gasteiger partial charge in [0.1, 0.15) is 11.5 Å². The number of imidazole rings is 1. The molecule has 0 radical (unpaired) electrons. The topological polar surface area (TPSA) is 66.8 Å². The van der Waals surface area contributed by atoms with Crippen LogP contribution in [0.3, 0.4) is 0 Å². The molecule has 6 nitrogen and oxygen atoms in total. The van der Waals surface area contributed by atoms with Crippen molar-refractivity contribution >= 4 is 5.91 Å². The second-order valence-corrected chi connectivity index (χ2v) is 6.06. The molecule has 0 aromatic carbocycles. The number of aryl methyl sites for hydroxylation is 1. The van der Waals surface area contributed by atoms with Gasteiger partial charge >= 0.3 is 6.18 Å². The van der Waals surface area contributed by atoms with Crippen LogP contribution in [0.5, 0.6) is 0 Å². The fourth-order valence-corrected chi connectivity index (χ4v) is 2.96. The summed E-state index contributed by atoms with van der Waals surface area (Å²) < 4.78 is 39.6. The largest absolute Gasteiger partial charge is 0.432 e. The fraction of sp³-hybridized carbons (Fsp3) is 0.533. The van der Waals surface area contributed by atoms with Gasteiger partial charge in [-0.25, -0.2) is 4.98 Å². The van der Waals surface area contributed by atoms with E-state index in [9.17, 15) is 18.0 Å². The zero-order valence-electron chi connectivity index (χ0n) is 13.2. The van der Waals surface area contributed by atoms with Crippen LogP contribution in [-0.4, -0.2) is 43.6 Å². The molecule has 0 aliphatic carbocycles. The molecule has 0 bridgehead atoms. The molecule has 1 atom stereocenters. The number of carbonyl (C=O) groups excluding carboxylic acids is 1. The van der Waals surface area contributed by atoms with Gasteiger partial charge in [-0.1, -0.05) is 0 Å². The number of piperidine rings is 1. The van der Waals surface area contributed by atoms with Crippen molar-refractivity contribution in [2.24, 2.45) is 7.05 Å². The minimum Gasteiger partial charge on any atom is -0.342 e. The summed E-state index contributed by atoms with van der Waals surface area (Å²) in [6, 6.07) is 0. The molecule has 3 heterocycles. The monoisotopic (exact) mass is 341 g/mol. The molecule has 130 valence electrons. The SMILES string of the molecule is Cn1cc(CC(=O)N2CCC[C@H](c3ncc(C(F)(F)F)[nH]3)C2)cn1. The molecule has 1 amide bonds. The predicted molar refractivity (Wildman–Crippen MR) is 79.1 cm³/mol. The summed E-state index contributed by atoms with van der Waals surface area (Å²) >= 11 is 0. The van der Waals surface area contributed by atoms with E-state index < -0.39 is 11.9 Å². The average Bonchev–Trinajstić information content (AvgIpc) is 3.16. The third-order valence-corrected chi connectivity index (χ3v) is 4.18. The number of hydrogen-bond acceptors (Lipinski definition) is 3. The smallest absolute Gasteiger partial charge is 0.342 e. The highest BCUT2D eigenvalue weighted by Gasteiger charge is 2.34. The van der Waals surface area contributed by atoms with E-state index in [4.69, 9.17) is 0 Å². The first-order valence-electron chi connectivity index (χ1n) is 7.70. The van der Waals surface area contributed by atoms with Crippen LogP contribution in [-0.2, 0) is 24.4 Å². The Hall–Kier alpha value is -2.32. The third-order valence-electron chi connectivity index (χ3n) is 4.18. The molecule has 9 heteroatoms. The van der Waals surface area contributed by atoms with E-state index in [-0.39, 0.29) is 18.2 Å². The van der Waals surface area contributed by atoms with Gasteiger partial charge in [-0.05, 0) is 18.4 Å². The highest BCUT2D eigenvalue weighted by Crippen LogP contribution is 2.31. The van der Waals surface area contributed by atoms with Crippen molar-refractivity contribution in [3.63, 3.8) is 0 Å². The van der Waals surface area contributed by atoms with Crippen molar-refractivity contribution in [1.29, 1.82) is 0 Å². The molecular formula is C15H18F3N5O. The van der Waals surface area contributed by atoms with Crippen molar-refractivity contribution in [3.05, 3.63) is 35.7 Å². The number of nitrogens with one attached hydrogen (secondary N) is 1. The Bertz CT molecular complexity index is 721. The van der Waals surface area contributed by atoms with Crippen LogP contribution in [0.1, 0.15) is 35.8 Å². The predicted octanol–water partition coefficient (Wildman–Crippen LogP) is 2.11. The van der Waals surface area contributed by atoms with Gasteiger partial charge in [-0.3, -0.25) is 9.48 Å². The van der Waals surface area contributed by atoms with E-state index in [0.29, 0.717) is 25.3 Å². The Morgan fingerprint density at radius 1 is 1.42 bits per heavy atom. The highest BCUT2D eigenvalue weighted by molar-refractivity contribution is 5.78. The maximum absolute atomic E-state index is 12.7. The van der Waals surface area contributed by atoms with Crippen LogP contribution in [0.2, 0.25) is 0 Å². The molecule has 0 saturated carbocycles. The van der Waals surface area contributed by atoms with Gasteiger partial charge in [-0.2, -0.15) is 18.3 Å². The number of carbonyl (C=O) groups is 1. The number of halogens is 3. The summed E-state index contributed by atoms with van der Waals surface area (Å²) in [6.45, 7) is 0.992. The summed E-state index contributed by atoms with van der Waals surface area (Å²) in [7, 11) is 1.78. The van der Waals surface area contributed by atoms with Crippen molar-refractivity contribution in [2.75, 3.05) is 13.1 Å². The summed E-state index contributed by atoms with van der Waals surface area (Å²) in [6.07, 6.45) is 1.49. The van der Waals surface area contributed by atoms with Crippen molar-refractivity contribution in [3.8, 4) is 0 Å². The van der Waals surface area contributed by atoms with Gasteiger partial charge < -0.3 is 9.88 Å². The van der Waals surface area contributed by atoms with Crippen LogP contribution < -0.4 is 0 Å². The summed E-state index contributed by atoms with van der Waals surface area (Å²) in [5, 5.41) is 4.03. The first-order chi connectivity index (χ1) is 11.3.